The number of anilines is 2. The van der Waals surface area contributed by atoms with Crippen molar-refractivity contribution in [2.45, 2.75) is 56.4 Å². The lowest BCUT2D eigenvalue weighted by atomic mass is 9.50. The number of carbonyl (C=O) groups excluding carboxylic acids is 1. The Morgan fingerprint density at radius 2 is 2.17 bits per heavy atom. The third kappa shape index (κ3) is 4.55. The van der Waals surface area contributed by atoms with Gasteiger partial charge in [-0.25, -0.2) is 14.8 Å². The van der Waals surface area contributed by atoms with Crippen LogP contribution in [0.15, 0.2) is 18.5 Å². The number of fused-ring (bicyclic) bond motifs is 1. The van der Waals surface area contributed by atoms with E-state index in [0.29, 0.717) is 17.9 Å². The first-order valence-electron chi connectivity index (χ1n) is 11.3. The van der Waals surface area contributed by atoms with E-state index in [-0.39, 0.29) is 46.7 Å². The summed E-state index contributed by atoms with van der Waals surface area (Å²) in [4.78, 5) is 20.5. The van der Waals surface area contributed by atoms with E-state index in [1.807, 2.05) is 0 Å². The number of halogens is 4. The first-order chi connectivity index (χ1) is 17.1. The molecule has 0 aromatic carbocycles. The third-order valence-corrected chi connectivity index (χ3v) is 6.97. The van der Waals surface area contributed by atoms with Crippen molar-refractivity contribution in [3.63, 3.8) is 0 Å². The molecule has 2 bridgehead atoms. The highest BCUT2D eigenvalue weighted by atomic mass is 35.5. The standard InChI is InChI=1S/C21H21ClF3N7O4/c22-13-6-26-18(32-7-11(27-17(13)32)8-35-21(23,24)25)28-16-2-14(30-31-16)15-1-12(9-34-15)36-19(33)29-20-3-10(4-20)5-20/h2,6-7,10,12,15H,1,3-5,8-9H2,(H,29,33)(H2,26,28,30,31)/t10?,12-,15-,20?/m1/s1. The van der Waals surface area contributed by atoms with E-state index in [4.69, 9.17) is 21.1 Å². The van der Waals surface area contributed by atoms with Gasteiger partial charge in [0.25, 0.3) is 0 Å². The second-order valence-corrected chi connectivity index (χ2v) is 9.80. The minimum absolute atomic E-state index is 0.0245. The van der Waals surface area contributed by atoms with Crippen LogP contribution in [0.1, 0.15) is 43.2 Å². The molecule has 0 radical (unpaired) electrons. The zero-order valence-corrected chi connectivity index (χ0v) is 19.4. The fourth-order valence-corrected chi connectivity index (χ4v) is 5.10. The largest absolute Gasteiger partial charge is 0.522 e. The van der Waals surface area contributed by atoms with Crippen molar-refractivity contribution in [1.82, 2.24) is 29.9 Å². The molecule has 1 aliphatic heterocycles. The van der Waals surface area contributed by atoms with Crippen LogP contribution in [0.5, 0.6) is 0 Å². The number of alkyl carbamates (subject to hydrolysis) is 1. The van der Waals surface area contributed by atoms with E-state index in [0.717, 1.165) is 25.2 Å². The molecule has 4 heterocycles. The minimum Gasteiger partial charge on any atom is -0.444 e. The van der Waals surface area contributed by atoms with Crippen LogP contribution >= 0.6 is 11.6 Å². The van der Waals surface area contributed by atoms with E-state index in [1.54, 1.807) is 6.07 Å². The van der Waals surface area contributed by atoms with Crippen LogP contribution < -0.4 is 10.6 Å². The molecular formula is C21H21ClF3N7O4. The molecule has 15 heteroatoms. The Hall–Kier alpha value is -3.10. The molecule has 2 atom stereocenters. The number of imidazole rings is 1. The summed E-state index contributed by atoms with van der Waals surface area (Å²) in [6.07, 6.45) is 0.332. The maximum atomic E-state index is 12.4. The fourth-order valence-electron chi connectivity index (χ4n) is 4.92. The van der Waals surface area contributed by atoms with Crippen molar-refractivity contribution < 1.29 is 32.2 Å². The van der Waals surface area contributed by atoms with Gasteiger partial charge >= 0.3 is 12.5 Å². The molecule has 11 nitrogen and oxygen atoms in total. The molecule has 3 aromatic heterocycles. The second-order valence-electron chi connectivity index (χ2n) is 9.39. The van der Waals surface area contributed by atoms with Crippen molar-refractivity contribution in [2.24, 2.45) is 5.92 Å². The molecule has 3 N–H and O–H groups in total. The van der Waals surface area contributed by atoms with Gasteiger partial charge in [0.05, 0.1) is 30.8 Å². The Bertz CT molecular complexity index is 1300. The number of aromatic amines is 1. The number of nitrogens with zero attached hydrogens (tertiary/aromatic N) is 4. The topological polar surface area (TPSA) is 128 Å². The molecule has 3 aromatic rings. The summed E-state index contributed by atoms with van der Waals surface area (Å²) in [6, 6.07) is 1.71. The Balaban J connectivity index is 1.09. The highest BCUT2D eigenvalue weighted by Crippen LogP contribution is 2.57. The van der Waals surface area contributed by atoms with Crippen molar-refractivity contribution in [3.8, 4) is 0 Å². The van der Waals surface area contributed by atoms with Crippen LogP contribution in [0.25, 0.3) is 5.65 Å². The molecule has 1 saturated heterocycles. The molecule has 4 aliphatic rings. The number of nitrogens with one attached hydrogen (secondary N) is 3. The fraction of sp³-hybridized carbons (Fsp3) is 0.524. The first-order valence-corrected chi connectivity index (χ1v) is 11.7. The van der Waals surface area contributed by atoms with Crippen molar-refractivity contribution in [1.29, 1.82) is 0 Å². The molecular weight excluding hydrogens is 507 g/mol. The molecule has 7 rings (SSSR count). The summed E-state index contributed by atoms with van der Waals surface area (Å²) >= 11 is 6.11. The number of amides is 1. The van der Waals surface area contributed by atoms with Gasteiger partial charge in [-0.1, -0.05) is 11.6 Å². The SMILES string of the molecule is O=C(NC12CC(C1)C2)O[C@H]1CO[C@@H](c2cc(Nc3ncc(Cl)c4nc(COC(F)(F)F)cn34)n[nH]2)C1. The smallest absolute Gasteiger partial charge is 0.444 e. The van der Waals surface area contributed by atoms with E-state index in [9.17, 15) is 18.0 Å². The lowest BCUT2D eigenvalue weighted by Crippen LogP contribution is -2.68. The maximum Gasteiger partial charge on any atom is 0.522 e. The second kappa shape index (κ2) is 8.49. The molecule has 1 amide bonds. The number of H-pyrrole nitrogens is 1. The van der Waals surface area contributed by atoms with Gasteiger partial charge in [0.2, 0.25) is 5.95 Å². The number of alkyl halides is 3. The molecule has 192 valence electrons. The highest BCUT2D eigenvalue weighted by molar-refractivity contribution is 6.33. The van der Waals surface area contributed by atoms with E-state index < -0.39 is 19.1 Å². The number of rotatable bonds is 7. The van der Waals surface area contributed by atoms with Crippen LogP contribution in [-0.4, -0.2) is 55.3 Å². The summed E-state index contributed by atoms with van der Waals surface area (Å²) in [6.45, 7) is -0.498. The molecule has 0 unspecified atom stereocenters. The lowest BCUT2D eigenvalue weighted by molar-refractivity contribution is -0.330. The summed E-state index contributed by atoms with van der Waals surface area (Å²) < 4.78 is 53.7. The zero-order chi connectivity index (χ0) is 25.1. The number of hydrogen-bond acceptors (Lipinski definition) is 8. The number of aromatic nitrogens is 5. The van der Waals surface area contributed by atoms with Crippen LogP contribution in [0.3, 0.4) is 0 Å². The summed E-state index contributed by atoms with van der Waals surface area (Å²) in [5.74, 6) is 1.38. The van der Waals surface area contributed by atoms with Gasteiger partial charge < -0.3 is 20.1 Å². The predicted molar refractivity (Wildman–Crippen MR) is 117 cm³/mol. The molecule has 3 saturated carbocycles. The normalized spacial score (nSPS) is 26.9. The van der Waals surface area contributed by atoms with Gasteiger partial charge in [-0.15, -0.1) is 13.2 Å². The Kier molecular flexibility index (Phi) is 5.50. The van der Waals surface area contributed by atoms with Gasteiger partial charge in [-0.2, -0.15) is 5.10 Å². The van der Waals surface area contributed by atoms with Crippen molar-refractivity contribution >= 4 is 35.1 Å². The quantitative estimate of drug-likeness (QED) is 0.421. The number of ether oxygens (including phenoxy) is 3. The summed E-state index contributed by atoms with van der Waals surface area (Å²) in [5, 5.41) is 13.2. The van der Waals surface area contributed by atoms with Crippen LogP contribution in [0.4, 0.5) is 29.7 Å². The number of hydrogen-bond donors (Lipinski definition) is 3. The van der Waals surface area contributed by atoms with Gasteiger partial charge in [0.1, 0.15) is 17.2 Å². The maximum absolute atomic E-state index is 12.4. The average Bonchev–Trinajstić information content (AvgIpc) is 3.49. The molecule has 0 spiro atoms. The Morgan fingerprint density at radius 3 is 2.89 bits per heavy atom. The van der Waals surface area contributed by atoms with E-state index in [2.05, 4.69) is 35.5 Å². The lowest BCUT2D eigenvalue weighted by Gasteiger charge is -2.61. The van der Waals surface area contributed by atoms with Gasteiger partial charge in [0.15, 0.2) is 11.5 Å². The molecule has 3 aliphatic carbocycles. The van der Waals surface area contributed by atoms with Gasteiger partial charge in [0, 0.05) is 24.2 Å². The highest BCUT2D eigenvalue weighted by Gasteiger charge is 2.57. The Labute approximate surface area is 206 Å². The zero-order valence-electron chi connectivity index (χ0n) is 18.6. The predicted octanol–water partition coefficient (Wildman–Crippen LogP) is 3.99. The van der Waals surface area contributed by atoms with E-state index in [1.165, 1.54) is 16.8 Å². The average molecular weight is 528 g/mol. The first kappa shape index (κ1) is 23.3. The Morgan fingerprint density at radius 1 is 1.36 bits per heavy atom. The van der Waals surface area contributed by atoms with Crippen molar-refractivity contribution in [2.75, 3.05) is 11.9 Å². The van der Waals surface area contributed by atoms with Crippen molar-refractivity contribution in [3.05, 3.63) is 34.9 Å². The minimum atomic E-state index is -4.78. The monoisotopic (exact) mass is 527 g/mol. The van der Waals surface area contributed by atoms with E-state index >= 15 is 0 Å². The third-order valence-electron chi connectivity index (χ3n) is 6.71. The summed E-state index contributed by atoms with van der Waals surface area (Å²) in [5.41, 5.74) is 0.851. The van der Waals surface area contributed by atoms with Crippen LogP contribution in [0, 0.1) is 5.92 Å². The molecule has 4 fully saturated rings. The molecule has 36 heavy (non-hydrogen) atoms. The van der Waals surface area contributed by atoms with Gasteiger partial charge in [-0.3, -0.25) is 14.2 Å². The van der Waals surface area contributed by atoms with Crippen LogP contribution in [0.2, 0.25) is 5.02 Å². The van der Waals surface area contributed by atoms with Crippen LogP contribution in [-0.2, 0) is 20.8 Å². The number of carbonyl (C=O) groups is 1. The summed E-state index contributed by atoms with van der Waals surface area (Å²) in [7, 11) is 0. The van der Waals surface area contributed by atoms with Gasteiger partial charge in [-0.05, 0) is 25.2 Å².